The number of aromatic nitrogens is 4. The number of halogens is 2. The van der Waals surface area contributed by atoms with Gasteiger partial charge in [-0.2, -0.15) is 0 Å². The molecule has 0 unspecified atom stereocenters. The van der Waals surface area contributed by atoms with Crippen molar-refractivity contribution >= 4 is 40.9 Å². The lowest BCUT2D eigenvalue weighted by Gasteiger charge is -2.69. The van der Waals surface area contributed by atoms with E-state index in [1.165, 1.54) is 18.5 Å². The molecule has 6 saturated carbocycles. The van der Waals surface area contributed by atoms with Crippen molar-refractivity contribution in [2.24, 2.45) is 34.0 Å². The first-order valence-corrected chi connectivity index (χ1v) is 24.1. The van der Waals surface area contributed by atoms with Crippen LogP contribution in [0.15, 0.2) is 78.7 Å². The monoisotopic (exact) mass is 978 g/mol. The number of allylic oxidation sites excluding steroid dienone is 4. The van der Waals surface area contributed by atoms with Crippen LogP contribution >= 0.6 is 0 Å². The van der Waals surface area contributed by atoms with E-state index in [0.717, 1.165) is 11.8 Å². The zero-order chi connectivity index (χ0) is 50.3. The van der Waals surface area contributed by atoms with Crippen molar-refractivity contribution in [3.63, 3.8) is 0 Å². The summed E-state index contributed by atoms with van der Waals surface area (Å²) in [5.74, 6) is -4.40. The van der Waals surface area contributed by atoms with Crippen LogP contribution in [0.25, 0.3) is 11.4 Å². The third kappa shape index (κ3) is 7.79. The smallest absolute Gasteiger partial charge is 0.303 e. The molecule has 1 aromatic heterocycles. The number of anilines is 1. The molecule has 2 aromatic carbocycles. The third-order valence-electron chi connectivity index (χ3n) is 17.4. The molecule has 11 rings (SSSR count). The zero-order valence-electron chi connectivity index (χ0n) is 39.3. The molecule has 3 amide bonds. The Kier molecular flexibility index (Phi) is 11.8. The van der Waals surface area contributed by atoms with Gasteiger partial charge >= 0.3 is 5.97 Å². The van der Waals surface area contributed by atoms with Crippen LogP contribution in [0.3, 0.4) is 0 Å². The molecule has 374 valence electrons. The van der Waals surface area contributed by atoms with Gasteiger partial charge in [0.05, 0.1) is 30.0 Å². The lowest BCUT2D eigenvalue weighted by molar-refractivity contribution is -0.210. The van der Waals surface area contributed by atoms with Gasteiger partial charge in [-0.05, 0) is 97.4 Å². The molecule has 3 aromatic rings. The highest BCUT2D eigenvalue weighted by molar-refractivity contribution is 6.01. The van der Waals surface area contributed by atoms with E-state index in [1.807, 2.05) is 31.2 Å². The molecule has 0 spiro atoms. The molecule has 2 bridgehead atoms. The molecular weight excluding hydrogens is 923 g/mol. The van der Waals surface area contributed by atoms with Gasteiger partial charge in [-0.25, -0.2) is 8.78 Å². The van der Waals surface area contributed by atoms with Crippen LogP contribution in [0.2, 0.25) is 0 Å². The van der Waals surface area contributed by atoms with E-state index in [2.05, 4.69) is 41.2 Å². The van der Waals surface area contributed by atoms with E-state index in [4.69, 9.17) is 4.74 Å². The largest absolute Gasteiger partial charge is 0.487 e. The molecule has 7 fully saturated rings. The topological polar surface area (TPSA) is 263 Å². The van der Waals surface area contributed by atoms with Crippen molar-refractivity contribution in [3.05, 3.63) is 84.2 Å². The highest BCUT2D eigenvalue weighted by atomic mass is 19.1. The van der Waals surface area contributed by atoms with E-state index < -0.39 is 106 Å². The molecule has 71 heavy (non-hydrogen) atoms. The Morgan fingerprint density at radius 2 is 1.66 bits per heavy atom. The Hall–Kier alpha value is -6.54. The summed E-state index contributed by atoms with van der Waals surface area (Å²) in [4.78, 5) is 79.1. The van der Waals surface area contributed by atoms with Crippen molar-refractivity contribution in [1.29, 1.82) is 0 Å². The number of carbonyl (C=O) groups is 6. The molecule has 0 radical (unpaired) electrons. The summed E-state index contributed by atoms with van der Waals surface area (Å²) >= 11 is 0. The van der Waals surface area contributed by atoms with Crippen LogP contribution in [-0.4, -0.2) is 132 Å². The number of nitrogens with zero attached hydrogens (tertiary/aromatic N) is 5. The van der Waals surface area contributed by atoms with Crippen molar-refractivity contribution in [2.75, 3.05) is 31.1 Å². The fourth-order valence-corrected chi connectivity index (χ4v) is 14.2. The SMILES string of the molecule is C[C@]12C=CC(=O)C=C1[C@@H](F)C[C@H]1[C@@H]3C[C@H]4CN(c5ccc(OC67CC(NC(=O)[C@H](CCC(=O)O)NC(=O)CNC(=O)Cc8ccc(-c9nncnn9)cc8)(C6)C7)cc5)C[C@@]4(C(=O)CO)[C@@]3(C)C[C@H](O)[C@@]12F. The number of carboxylic acid groups (broad SMARTS) is 1. The Morgan fingerprint density at radius 1 is 0.958 bits per heavy atom. The average molecular weight is 979 g/mol. The Labute approximate surface area is 407 Å². The fraction of sp³-hybridized carbons (Fsp3) is 0.529. The van der Waals surface area contributed by atoms with Crippen LogP contribution in [0.4, 0.5) is 14.5 Å². The summed E-state index contributed by atoms with van der Waals surface area (Å²) in [6.45, 7) is 2.92. The minimum atomic E-state index is -2.27. The molecule has 8 aliphatic rings. The molecule has 10 atom stereocenters. The van der Waals surface area contributed by atoms with E-state index in [-0.39, 0.29) is 55.9 Å². The van der Waals surface area contributed by atoms with E-state index in [9.17, 15) is 44.1 Å². The van der Waals surface area contributed by atoms with Gasteiger partial charge in [-0.3, -0.25) is 28.8 Å². The Morgan fingerprint density at radius 3 is 2.34 bits per heavy atom. The van der Waals surface area contributed by atoms with E-state index in [1.54, 1.807) is 31.2 Å². The normalized spacial score (nSPS) is 35.2. The number of benzene rings is 2. The lowest BCUT2D eigenvalue weighted by Crippen LogP contribution is -2.81. The predicted molar refractivity (Wildman–Crippen MR) is 247 cm³/mol. The van der Waals surface area contributed by atoms with E-state index in [0.29, 0.717) is 54.9 Å². The first-order chi connectivity index (χ1) is 33.8. The molecule has 18 nitrogen and oxygen atoms in total. The second-order valence-electron chi connectivity index (χ2n) is 21.4. The van der Waals surface area contributed by atoms with Crippen molar-refractivity contribution in [3.8, 4) is 17.1 Å². The quantitative estimate of drug-likeness (QED) is 0.121. The van der Waals surface area contributed by atoms with Crippen LogP contribution in [0, 0.1) is 34.0 Å². The maximum Gasteiger partial charge on any atom is 0.303 e. The van der Waals surface area contributed by atoms with Gasteiger partial charge in [0.25, 0.3) is 0 Å². The number of rotatable bonds is 16. The Balaban J connectivity index is 0.735. The third-order valence-corrected chi connectivity index (χ3v) is 17.4. The molecule has 6 N–H and O–H groups in total. The first-order valence-electron chi connectivity index (χ1n) is 24.1. The van der Waals surface area contributed by atoms with Crippen LogP contribution < -0.4 is 25.6 Å². The number of carboxylic acids is 1. The van der Waals surface area contributed by atoms with Gasteiger partial charge in [-0.1, -0.05) is 37.3 Å². The molecule has 1 saturated heterocycles. The number of amides is 3. The van der Waals surface area contributed by atoms with Crippen LogP contribution in [0.1, 0.15) is 70.8 Å². The molecule has 20 heteroatoms. The predicted octanol–water partition coefficient (Wildman–Crippen LogP) is 2.72. The molecule has 2 heterocycles. The maximum atomic E-state index is 17.8. The number of aliphatic carboxylic acids is 1. The number of alkyl halides is 2. The number of hydrogen-bond acceptors (Lipinski definition) is 14. The summed E-state index contributed by atoms with van der Waals surface area (Å²) in [7, 11) is 0. The summed E-state index contributed by atoms with van der Waals surface area (Å²) in [6.07, 6.45) is 2.85. The molecule has 7 aliphatic carbocycles. The highest BCUT2D eigenvalue weighted by Crippen LogP contribution is 2.74. The van der Waals surface area contributed by atoms with Gasteiger partial charge < -0.3 is 40.9 Å². The first kappa shape index (κ1) is 48.1. The van der Waals surface area contributed by atoms with Gasteiger partial charge in [0.15, 0.2) is 23.6 Å². The van der Waals surface area contributed by atoms with Gasteiger partial charge in [0.1, 0.15) is 30.2 Å². The van der Waals surface area contributed by atoms with Gasteiger partial charge in [0.2, 0.25) is 23.5 Å². The number of hydrogen-bond donors (Lipinski definition) is 6. The number of ketones is 2. The van der Waals surface area contributed by atoms with Crippen molar-refractivity contribution in [1.82, 2.24) is 36.3 Å². The number of aliphatic hydroxyl groups excluding tert-OH is 2. The number of carbonyl (C=O) groups excluding carboxylic acids is 5. The number of aliphatic hydroxyl groups is 2. The summed E-state index contributed by atoms with van der Waals surface area (Å²) in [5.41, 5.74) is -4.91. The fourth-order valence-electron chi connectivity index (χ4n) is 14.2. The average Bonchev–Trinajstić information content (AvgIpc) is 3.83. The minimum Gasteiger partial charge on any atom is -0.487 e. The Bertz CT molecular complexity index is 2730. The summed E-state index contributed by atoms with van der Waals surface area (Å²) in [5, 5.41) is 55.0. The van der Waals surface area contributed by atoms with Crippen molar-refractivity contribution < 1.29 is 57.6 Å². The maximum absolute atomic E-state index is 17.8. The highest BCUT2D eigenvalue weighted by Gasteiger charge is 2.78. The number of fused-ring (bicyclic) bond motifs is 7. The van der Waals surface area contributed by atoms with Gasteiger partial charge in [-0.15, -0.1) is 20.4 Å². The minimum absolute atomic E-state index is 0.0299. The van der Waals surface area contributed by atoms with Crippen molar-refractivity contribution in [2.45, 2.75) is 107 Å². The summed E-state index contributed by atoms with van der Waals surface area (Å²) in [6, 6.07) is 13.1. The molecule has 1 aliphatic heterocycles. The summed E-state index contributed by atoms with van der Waals surface area (Å²) < 4.78 is 40.4. The standard InChI is InChI=1S/C51H56F2N8O10/c1-46-14-13-32(63)17-36(46)37(52)18-35-34-16-30-21-61(26-50(30,40(65)22-62)47(34,2)19-39(64)51(35,46)53)31-7-9-33(10-8-31)71-49-23-48(24-49,25-49)58-45(70)38(11-12-43(68)69)57-42(67)20-54-41(66)15-28-3-5-29(6-4-28)44-59-55-27-56-60-44/h3-10,13-14,17,27,30,34-35,37-39,62,64H,11-12,15-16,18-26H2,1-2H3,(H,54,66)(H,57,67)(H,58,70)(H,68,69)/t30-,34-,35-,37-,38-,39-,46-,47-,48?,49?,50+,51-/m0/s1. The number of nitrogens with one attached hydrogen (secondary N) is 3. The second kappa shape index (κ2) is 17.3. The molecular formula is C51H56F2N8O10. The lowest BCUT2D eigenvalue weighted by atomic mass is 9.43. The number of Topliss-reactive ketones (excluding diaryl/α,β-unsaturated/α-hetero) is 1. The zero-order valence-corrected chi connectivity index (χ0v) is 39.3. The van der Waals surface area contributed by atoms with Gasteiger partial charge in [0, 0.05) is 61.4 Å². The number of ether oxygens (including phenoxy) is 1. The van der Waals surface area contributed by atoms with Crippen LogP contribution in [0.5, 0.6) is 5.75 Å². The van der Waals surface area contributed by atoms with Crippen LogP contribution in [-0.2, 0) is 35.2 Å². The second-order valence-corrected chi connectivity index (χ2v) is 21.4. The van der Waals surface area contributed by atoms with E-state index >= 15 is 8.78 Å².